The summed E-state index contributed by atoms with van der Waals surface area (Å²) in [7, 11) is 0. The van der Waals surface area contributed by atoms with Crippen LogP contribution in [0.3, 0.4) is 0 Å². The van der Waals surface area contributed by atoms with Crippen molar-refractivity contribution < 1.29 is 9.47 Å². The van der Waals surface area contributed by atoms with Crippen LogP contribution in [0.15, 0.2) is 0 Å². The molecule has 0 aliphatic heterocycles. The van der Waals surface area contributed by atoms with Crippen molar-refractivity contribution in [1.29, 1.82) is 0 Å². The summed E-state index contributed by atoms with van der Waals surface area (Å²) in [4.78, 5) is 0. The van der Waals surface area contributed by atoms with Crippen LogP contribution in [0.2, 0.25) is 0 Å². The number of hydrogen-bond donors (Lipinski definition) is 0. The average Bonchev–Trinajstić information content (AvgIpc) is 3.18. The minimum absolute atomic E-state index is 0.547. The van der Waals surface area contributed by atoms with Crippen molar-refractivity contribution in [1.82, 2.24) is 0 Å². The molecular formula is C29H56O2. The topological polar surface area (TPSA) is 18.5 Å². The first-order valence-corrected chi connectivity index (χ1v) is 14.6. The van der Waals surface area contributed by atoms with Gasteiger partial charge in [-0.1, -0.05) is 103 Å². The third-order valence-corrected chi connectivity index (χ3v) is 7.80. The Bertz CT molecular complexity index is 375. The summed E-state index contributed by atoms with van der Waals surface area (Å²) in [6.45, 7) is 4.30. The molecule has 184 valence electrons. The molecule has 0 aromatic carbocycles. The monoisotopic (exact) mass is 436 g/mol. The van der Waals surface area contributed by atoms with Gasteiger partial charge in [0.05, 0.1) is 12.2 Å². The summed E-state index contributed by atoms with van der Waals surface area (Å²) >= 11 is 0. The lowest BCUT2D eigenvalue weighted by Gasteiger charge is -2.18. The van der Waals surface area contributed by atoms with Crippen molar-refractivity contribution in [2.45, 2.75) is 167 Å². The molecule has 0 amide bonds. The van der Waals surface area contributed by atoms with E-state index in [0.717, 1.165) is 19.1 Å². The molecule has 2 unspecified atom stereocenters. The van der Waals surface area contributed by atoms with Gasteiger partial charge in [-0.25, -0.2) is 0 Å². The highest BCUT2D eigenvalue weighted by Crippen LogP contribution is 2.29. The molecule has 2 nitrogen and oxygen atoms in total. The zero-order chi connectivity index (χ0) is 21.8. The third-order valence-electron chi connectivity index (χ3n) is 7.80. The molecule has 2 fully saturated rings. The van der Waals surface area contributed by atoms with Crippen LogP contribution in [0.25, 0.3) is 0 Å². The quantitative estimate of drug-likeness (QED) is 0.167. The first kappa shape index (κ1) is 27.2. The highest BCUT2D eigenvalue weighted by molar-refractivity contribution is 4.71. The second-order valence-electron chi connectivity index (χ2n) is 10.7. The third kappa shape index (κ3) is 14.6. The molecule has 2 rings (SSSR count). The fraction of sp³-hybridized carbons (Fsp3) is 1.00. The minimum atomic E-state index is 0.547. The van der Waals surface area contributed by atoms with E-state index >= 15 is 0 Å². The van der Waals surface area contributed by atoms with Gasteiger partial charge in [-0.3, -0.25) is 0 Å². The normalized spacial score (nSPS) is 23.5. The highest BCUT2D eigenvalue weighted by Gasteiger charge is 2.19. The summed E-state index contributed by atoms with van der Waals surface area (Å²) in [5.74, 6) is 0.920. The maximum Gasteiger partial charge on any atom is 0.0575 e. The van der Waals surface area contributed by atoms with Gasteiger partial charge in [-0.2, -0.15) is 0 Å². The van der Waals surface area contributed by atoms with E-state index in [1.165, 1.54) is 148 Å². The van der Waals surface area contributed by atoms with Gasteiger partial charge < -0.3 is 9.47 Å². The Balaban J connectivity index is 1.38. The lowest BCUT2D eigenvalue weighted by atomic mass is 9.95. The molecule has 0 radical (unpaired) electrons. The smallest absolute Gasteiger partial charge is 0.0575 e. The van der Waals surface area contributed by atoms with Crippen LogP contribution >= 0.6 is 0 Å². The zero-order valence-electron chi connectivity index (χ0n) is 21.2. The Labute approximate surface area is 195 Å². The van der Waals surface area contributed by atoms with Gasteiger partial charge in [0, 0.05) is 13.2 Å². The standard InChI is InChI=1S/C29H56O2/c1-2-3-4-5-6-7-8-9-12-15-25-30-29-22-16-18-27(23-24-29)19-17-26-31-28-20-13-10-11-14-21-28/h27-29H,2-26H2,1H3. The Hall–Kier alpha value is -0.0800. The Morgan fingerprint density at radius 1 is 0.484 bits per heavy atom. The molecule has 2 aliphatic carbocycles. The maximum absolute atomic E-state index is 6.28. The van der Waals surface area contributed by atoms with Crippen LogP contribution in [0.5, 0.6) is 0 Å². The van der Waals surface area contributed by atoms with E-state index in [0.29, 0.717) is 12.2 Å². The number of unbranched alkanes of at least 4 members (excludes halogenated alkanes) is 9. The van der Waals surface area contributed by atoms with Gasteiger partial charge in [0.25, 0.3) is 0 Å². The van der Waals surface area contributed by atoms with Crippen LogP contribution in [-0.2, 0) is 9.47 Å². The summed E-state index contributed by atoms with van der Waals surface area (Å²) in [6, 6.07) is 0. The molecule has 2 aliphatic rings. The Kier molecular flexibility index (Phi) is 17.0. The van der Waals surface area contributed by atoms with E-state index in [-0.39, 0.29) is 0 Å². The molecule has 0 aromatic heterocycles. The van der Waals surface area contributed by atoms with E-state index in [9.17, 15) is 0 Å². The van der Waals surface area contributed by atoms with Gasteiger partial charge in [-0.15, -0.1) is 0 Å². The molecule has 2 saturated carbocycles. The SMILES string of the molecule is CCCCCCCCCCCCOC1CCCC(CCCOC2CCCCCC2)CC1. The second-order valence-corrected chi connectivity index (χ2v) is 10.7. The second kappa shape index (κ2) is 19.4. The lowest BCUT2D eigenvalue weighted by molar-refractivity contribution is 0.0365. The van der Waals surface area contributed by atoms with E-state index in [4.69, 9.17) is 9.47 Å². The van der Waals surface area contributed by atoms with Gasteiger partial charge >= 0.3 is 0 Å². The first-order chi connectivity index (χ1) is 15.4. The van der Waals surface area contributed by atoms with E-state index < -0.39 is 0 Å². The first-order valence-electron chi connectivity index (χ1n) is 14.6. The predicted molar refractivity (Wildman–Crippen MR) is 135 cm³/mol. The van der Waals surface area contributed by atoms with Crippen LogP contribution < -0.4 is 0 Å². The molecular weight excluding hydrogens is 380 g/mol. The number of rotatable bonds is 17. The highest BCUT2D eigenvalue weighted by atomic mass is 16.5. The van der Waals surface area contributed by atoms with Crippen LogP contribution in [-0.4, -0.2) is 25.4 Å². The molecule has 0 aromatic rings. The predicted octanol–water partition coefficient (Wildman–Crippen LogP) is 9.39. The maximum atomic E-state index is 6.28. The van der Waals surface area contributed by atoms with Crippen molar-refractivity contribution in [2.75, 3.05) is 13.2 Å². The van der Waals surface area contributed by atoms with Crippen molar-refractivity contribution in [2.24, 2.45) is 5.92 Å². The molecule has 31 heavy (non-hydrogen) atoms. The van der Waals surface area contributed by atoms with E-state index in [2.05, 4.69) is 6.92 Å². The van der Waals surface area contributed by atoms with Gasteiger partial charge in [-0.05, 0) is 57.3 Å². The summed E-state index contributed by atoms with van der Waals surface area (Å²) in [5, 5.41) is 0. The van der Waals surface area contributed by atoms with Gasteiger partial charge in [0.1, 0.15) is 0 Å². The van der Waals surface area contributed by atoms with Crippen molar-refractivity contribution >= 4 is 0 Å². The largest absolute Gasteiger partial charge is 0.378 e. The number of hydrogen-bond acceptors (Lipinski definition) is 2. The lowest BCUT2D eigenvalue weighted by Crippen LogP contribution is -2.14. The minimum Gasteiger partial charge on any atom is -0.378 e. The van der Waals surface area contributed by atoms with E-state index in [1.54, 1.807) is 0 Å². The Morgan fingerprint density at radius 3 is 1.71 bits per heavy atom. The number of ether oxygens (including phenoxy) is 2. The molecule has 0 spiro atoms. The zero-order valence-corrected chi connectivity index (χ0v) is 21.2. The van der Waals surface area contributed by atoms with Crippen LogP contribution in [0.4, 0.5) is 0 Å². The molecule has 0 N–H and O–H groups in total. The van der Waals surface area contributed by atoms with Gasteiger partial charge in [0.2, 0.25) is 0 Å². The Morgan fingerprint density at radius 2 is 1.03 bits per heavy atom. The fourth-order valence-electron chi connectivity index (χ4n) is 5.67. The van der Waals surface area contributed by atoms with Crippen molar-refractivity contribution in [3.8, 4) is 0 Å². The molecule has 0 bridgehead atoms. The summed E-state index contributed by atoms with van der Waals surface area (Å²) in [6.07, 6.45) is 32.8. The average molecular weight is 437 g/mol. The molecule has 2 heteroatoms. The van der Waals surface area contributed by atoms with Crippen LogP contribution in [0.1, 0.15) is 155 Å². The summed E-state index contributed by atoms with van der Waals surface area (Å²) < 4.78 is 12.5. The molecule has 0 saturated heterocycles. The van der Waals surface area contributed by atoms with Gasteiger partial charge in [0.15, 0.2) is 0 Å². The van der Waals surface area contributed by atoms with Crippen molar-refractivity contribution in [3.05, 3.63) is 0 Å². The van der Waals surface area contributed by atoms with Crippen LogP contribution in [0, 0.1) is 5.92 Å². The summed E-state index contributed by atoms with van der Waals surface area (Å²) in [5.41, 5.74) is 0. The fourth-order valence-corrected chi connectivity index (χ4v) is 5.67. The van der Waals surface area contributed by atoms with E-state index in [1.807, 2.05) is 0 Å². The molecule has 0 heterocycles. The molecule has 2 atom stereocenters. The van der Waals surface area contributed by atoms with Crippen molar-refractivity contribution in [3.63, 3.8) is 0 Å².